The van der Waals surface area contributed by atoms with Crippen molar-refractivity contribution in [3.63, 3.8) is 0 Å². The summed E-state index contributed by atoms with van der Waals surface area (Å²) in [6.07, 6.45) is 3.18. The topological polar surface area (TPSA) is 47.3 Å². The average molecular weight is 203 g/mol. The fourth-order valence-corrected chi connectivity index (χ4v) is 1.75. The van der Waals surface area contributed by atoms with Gasteiger partial charge >= 0.3 is 0 Å². The summed E-state index contributed by atoms with van der Waals surface area (Å²) < 4.78 is 6.89. The summed E-state index contributed by atoms with van der Waals surface area (Å²) in [6, 6.07) is 0.266. The van der Waals surface area contributed by atoms with Crippen LogP contribution in [-0.2, 0) is 4.74 Å². The van der Waals surface area contributed by atoms with Gasteiger partial charge in [0.2, 0.25) is 0 Å². The summed E-state index contributed by atoms with van der Waals surface area (Å²) in [5.74, 6) is 0.0492. The SMILES string of the molecule is Oc1cnn(C2CCOCC2)c1Cl. The molecule has 0 radical (unpaired) electrons. The molecule has 4 nitrogen and oxygen atoms in total. The minimum Gasteiger partial charge on any atom is -0.504 e. The van der Waals surface area contributed by atoms with E-state index >= 15 is 0 Å². The third-order valence-electron chi connectivity index (χ3n) is 2.25. The van der Waals surface area contributed by atoms with Gasteiger partial charge in [-0.15, -0.1) is 0 Å². The fraction of sp³-hybridized carbons (Fsp3) is 0.625. The Balaban J connectivity index is 2.18. The summed E-state index contributed by atoms with van der Waals surface area (Å²) in [5, 5.41) is 13.6. The lowest BCUT2D eigenvalue weighted by Crippen LogP contribution is -2.20. The molecule has 1 fully saturated rings. The van der Waals surface area contributed by atoms with E-state index < -0.39 is 0 Å². The quantitative estimate of drug-likeness (QED) is 0.753. The lowest BCUT2D eigenvalue weighted by atomic mass is 10.1. The summed E-state index contributed by atoms with van der Waals surface area (Å²) in [4.78, 5) is 0. The predicted molar refractivity (Wildman–Crippen MR) is 48.0 cm³/mol. The van der Waals surface area contributed by atoms with Gasteiger partial charge in [0, 0.05) is 13.2 Å². The first-order valence-corrected chi connectivity index (χ1v) is 4.66. The van der Waals surface area contributed by atoms with Gasteiger partial charge in [-0.1, -0.05) is 11.6 Å². The van der Waals surface area contributed by atoms with E-state index in [1.54, 1.807) is 4.68 Å². The molecular formula is C8H11ClN2O2. The standard InChI is InChI=1S/C8H11ClN2O2/c9-8-7(12)5-10-11(8)6-1-3-13-4-2-6/h5-6,12H,1-4H2. The van der Waals surface area contributed by atoms with Crippen molar-refractivity contribution in [3.8, 4) is 5.75 Å². The molecule has 0 aromatic carbocycles. The molecule has 0 unspecified atom stereocenters. The Morgan fingerprint density at radius 3 is 2.77 bits per heavy atom. The minimum absolute atomic E-state index is 0.0492. The molecule has 13 heavy (non-hydrogen) atoms. The van der Waals surface area contributed by atoms with Crippen molar-refractivity contribution in [2.75, 3.05) is 13.2 Å². The highest BCUT2D eigenvalue weighted by Gasteiger charge is 2.19. The molecule has 0 atom stereocenters. The highest BCUT2D eigenvalue weighted by Crippen LogP contribution is 2.29. The molecule has 0 amide bonds. The van der Waals surface area contributed by atoms with Gasteiger partial charge in [0.25, 0.3) is 0 Å². The number of hydrogen-bond donors (Lipinski definition) is 1. The van der Waals surface area contributed by atoms with E-state index in [0.29, 0.717) is 5.15 Å². The zero-order valence-corrected chi connectivity index (χ0v) is 7.87. The van der Waals surface area contributed by atoms with Gasteiger partial charge in [-0.05, 0) is 12.8 Å². The highest BCUT2D eigenvalue weighted by atomic mass is 35.5. The van der Waals surface area contributed by atoms with Crippen LogP contribution in [0.2, 0.25) is 5.15 Å². The van der Waals surface area contributed by atoms with E-state index in [2.05, 4.69) is 5.10 Å². The van der Waals surface area contributed by atoms with Crippen molar-refractivity contribution >= 4 is 11.6 Å². The van der Waals surface area contributed by atoms with Crippen LogP contribution in [0, 0.1) is 0 Å². The smallest absolute Gasteiger partial charge is 0.173 e. The van der Waals surface area contributed by atoms with Crippen LogP contribution in [0.5, 0.6) is 5.75 Å². The molecular weight excluding hydrogens is 192 g/mol. The van der Waals surface area contributed by atoms with E-state index in [4.69, 9.17) is 16.3 Å². The first kappa shape index (κ1) is 8.84. The van der Waals surface area contributed by atoms with Gasteiger partial charge in [-0.3, -0.25) is 0 Å². The van der Waals surface area contributed by atoms with Crippen molar-refractivity contribution in [2.24, 2.45) is 0 Å². The number of rotatable bonds is 1. The number of nitrogens with zero attached hydrogens (tertiary/aromatic N) is 2. The molecule has 1 aliphatic rings. The molecule has 0 saturated carbocycles. The zero-order valence-electron chi connectivity index (χ0n) is 7.11. The monoisotopic (exact) mass is 202 g/mol. The van der Waals surface area contributed by atoms with E-state index in [1.165, 1.54) is 6.20 Å². The van der Waals surface area contributed by atoms with Crippen molar-refractivity contribution in [3.05, 3.63) is 11.3 Å². The molecule has 2 heterocycles. The summed E-state index contributed by atoms with van der Waals surface area (Å²) >= 11 is 5.85. The van der Waals surface area contributed by atoms with Crippen molar-refractivity contribution < 1.29 is 9.84 Å². The average Bonchev–Trinajstić information content (AvgIpc) is 2.49. The van der Waals surface area contributed by atoms with Gasteiger partial charge in [0.1, 0.15) is 0 Å². The van der Waals surface area contributed by atoms with Gasteiger partial charge in [0.15, 0.2) is 10.9 Å². The van der Waals surface area contributed by atoms with Crippen molar-refractivity contribution in [1.82, 2.24) is 9.78 Å². The molecule has 1 aliphatic heterocycles. The zero-order chi connectivity index (χ0) is 9.26. The van der Waals surface area contributed by atoms with Crippen molar-refractivity contribution in [2.45, 2.75) is 18.9 Å². The molecule has 2 rings (SSSR count). The Labute approximate surface area is 81.1 Å². The van der Waals surface area contributed by atoms with Gasteiger partial charge < -0.3 is 9.84 Å². The Kier molecular flexibility index (Phi) is 2.42. The van der Waals surface area contributed by atoms with Gasteiger partial charge in [0.05, 0.1) is 12.2 Å². The maximum Gasteiger partial charge on any atom is 0.173 e. The van der Waals surface area contributed by atoms with Crippen LogP contribution in [-0.4, -0.2) is 28.1 Å². The minimum atomic E-state index is 0.0492. The second kappa shape index (κ2) is 3.55. The van der Waals surface area contributed by atoms with Crippen LogP contribution in [0.1, 0.15) is 18.9 Å². The van der Waals surface area contributed by atoms with Crippen LogP contribution in [0.15, 0.2) is 6.20 Å². The van der Waals surface area contributed by atoms with E-state index in [-0.39, 0.29) is 11.8 Å². The molecule has 1 aromatic heterocycles. The molecule has 5 heteroatoms. The summed E-state index contributed by atoms with van der Waals surface area (Å²) in [5.41, 5.74) is 0. The predicted octanol–water partition coefficient (Wildman–Crippen LogP) is 1.59. The normalized spacial score (nSPS) is 19.2. The largest absolute Gasteiger partial charge is 0.504 e. The maximum absolute atomic E-state index is 9.22. The summed E-state index contributed by atoms with van der Waals surface area (Å²) in [6.45, 7) is 1.48. The van der Waals surface area contributed by atoms with Gasteiger partial charge in [-0.2, -0.15) is 5.10 Å². The van der Waals surface area contributed by atoms with E-state index in [9.17, 15) is 5.11 Å². The van der Waals surface area contributed by atoms with Gasteiger partial charge in [-0.25, -0.2) is 4.68 Å². The number of halogens is 1. The number of hydrogen-bond acceptors (Lipinski definition) is 3. The maximum atomic E-state index is 9.22. The number of ether oxygens (including phenoxy) is 1. The Hall–Kier alpha value is -0.740. The molecule has 0 spiro atoms. The molecule has 72 valence electrons. The molecule has 0 bridgehead atoms. The van der Waals surface area contributed by atoms with Crippen molar-refractivity contribution in [1.29, 1.82) is 0 Å². The molecule has 1 aromatic rings. The number of aromatic nitrogens is 2. The highest BCUT2D eigenvalue weighted by molar-refractivity contribution is 6.30. The molecule has 0 aliphatic carbocycles. The fourth-order valence-electron chi connectivity index (χ4n) is 1.52. The Bertz CT molecular complexity index is 294. The Morgan fingerprint density at radius 1 is 1.54 bits per heavy atom. The van der Waals surface area contributed by atoms with Crippen LogP contribution in [0.3, 0.4) is 0 Å². The third kappa shape index (κ3) is 1.64. The van der Waals surface area contributed by atoms with Crippen LogP contribution >= 0.6 is 11.6 Å². The first-order chi connectivity index (χ1) is 6.29. The second-order valence-corrected chi connectivity index (χ2v) is 3.47. The van der Waals surface area contributed by atoms with Crippen LogP contribution < -0.4 is 0 Å². The number of aromatic hydroxyl groups is 1. The lowest BCUT2D eigenvalue weighted by Gasteiger charge is -2.22. The van der Waals surface area contributed by atoms with Crippen LogP contribution in [0.4, 0.5) is 0 Å². The van der Waals surface area contributed by atoms with E-state index in [0.717, 1.165) is 26.1 Å². The molecule has 1 N–H and O–H groups in total. The van der Waals surface area contributed by atoms with Crippen LogP contribution in [0.25, 0.3) is 0 Å². The van der Waals surface area contributed by atoms with E-state index in [1.807, 2.05) is 0 Å². The lowest BCUT2D eigenvalue weighted by molar-refractivity contribution is 0.0663. The summed E-state index contributed by atoms with van der Waals surface area (Å²) in [7, 11) is 0. The Morgan fingerprint density at radius 2 is 2.23 bits per heavy atom. The third-order valence-corrected chi connectivity index (χ3v) is 2.62. The molecule has 1 saturated heterocycles. The second-order valence-electron chi connectivity index (χ2n) is 3.11. The first-order valence-electron chi connectivity index (χ1n) is 4.29.